The zero-order valence-electron chi connectivity index (χ0n) is 15.8. The third kappa shape index (κ3) is 4.35. The van der Waals surface area contributed by atoms with Crippen LogP contribution in [0.3, 0.4) is 0 Å². The van der Waals surface area contributed by atoms with Crippen LogP contribution >= 0.6 is 11.3 Å². The standard InChI is InChI=1S/C20H20N6O2S/c21-12-13-2-1-3-14(10-13)18-24-17(22)15-11-16(29-20(15)25-18)19(27)23-4-5-26-6-8-28-9-7-26/h1-3,10-11H,4-9H2,(H,23,27)(H2,22,24,25)/p+1. The van der Waals surface area contributed by atoms with Gasteiger partial charge in [0.25, 0.3) is 5.91 Å². The van der Waals surface area contributed by atoms with E-state index in [2.05, 4.69) is 26.3 Å². The summed E-state index contributed by atoms with van der Waals surface area (Å²) in [5, 5.41) is 10.9. The Kier molecular flexibility index (Phi) is 5.67. The molecule has 148 valence electrons. The fourth-order valence-corrected chi connectivity index (χ4v) is 4.12. The average Bonchev–Trinajstić information content (AvgIpc) is 3.19. The molecule has 1 aromatic carbocycles. The number of hydrogen-bond donors (Lipinski definition) is 3. The van der Waals surface area contributed by atoms with Crippen molar-refractivity contribution in [3.05, 3.63) is 40.8 Å². The van der Waals surface area contributed by atoms with E-state index >= 15 is 0 Å². The highest BCUT2D eigenvalue weighted by atomic mass is 32.1. The summed E-state index contributed by atoms with van der Waals surface area (Å²) in [5.74, 6) is 0.661. The number of carbonyl (C=O) groups is 1. The van der Waals surface area contributed by atoms with Crippen molar-refractivity contribution in [2.45, 2.75) is 0 Å². The van der Waals surface area contributed by atoms with E-state index in [1.54, 1.807) is 18.2 Å². The lowest BCUT2D eigenvalue weighted by molar-refractivity contribution is -0.0909. The second-order valence-corrected chi connectivity index (χ2v) is 7.71. The predicted molar refractivity (Wildman–Crippen MR) is 111 cm³/mol. The molecule has 1 aliphatic rings. The Morgan fingerprint density at radius 1 is 1.31 bits per heavy atom. The van der Waals surface area contributed by atoms with Gasteiger partial charge in [-0.3, -0.25) is 9.69 Å². The molecule has 3 heterocycles. The second-order valence-electron chi connectivity index (χ2n) is 6.68. The van der Waals surface area contributed by atoms with Gasteiger partial charge < -0.3 is 15.8 Å². The summed E-state index contributed by atoms with van der Waals surface area (Å²) >= 11 is 1.29. The molecule has 0 radical (unpaired) electrons. The zero-order chi connectivity index (χ0) is 20.2. The molecule has 1 aliphatic heterocycles. The number of morpholine rings is 1. The largest absolute Gasteiger partial charge is 0.383 e. The highest BCUT2D eigenvalue weighted by Crippen LogP contribution is 2.30. The minimum Gasteiger partial charge on any atom is -0.383 e. The zero-order valence-corrected chi connectivity index (χ0v) is 16.6. The quantitative estimate of drug-likeness (QED) is 0.551. The second kappa shape index (κ2) is 8.53. The molecule has 1 saturated heterocycles. The Balaban J connectivity index is 1.50. The van der Waals surface area contributed by atoms with Crippen molar-refractivity contribution in [3.63, 3.8) is 0 Å². The molecule has 0 bridgehead atoms. The smallest absolute Gasteiger partial charge is 0.308 e. The molecule has 4 N–H and O–H groups in total. The van der Waals surface area contributed by atoms with Gasteiger partial charge in [0, 0.05) is 31.7 Å². The number of ether oxygens (including phenoxy) is 1. The van der Waals surface area contributed by atoms with E-state index in [-0.39, 0.29) is 5.91 Å². The van der Waals surface area contributed by atoms with Crippen LogP contribution in [-0.2, 0) is 4.74 Å². The molecular weight excluding hydrogens is 388 g/mol. The average molecular weight is 409 g/mol. The molecule has 2 aromatic heterocycles. The van der Waals surface area contributed by atoms with E-state index in [0.717, 1.165) is 38.4 Å². The molecule has 8 nitrogen and oxygen atoms in total. The summed E-state index contributed by atoms with van der Waals surface area (Å²) in [6, 6.07) is 11.3. The minimum absolute atomic E-state index is 0.136. The molecule has 1 amide bonds. The fourth-order valence-electron chi connectivity index (χ4n) is 3.16. The van der Waals surface area contributed by atoms with E-state index in [9.17, 15) is 4.79 Å². The van der Waals surface area contributed by atoms with Crippen molar-refractivity contribution in [2.24, 2.45) is 0 Å². The first-order chi connectivity index (χ1) is 14.1. The van der Waals surface area contributed by atoms with Gasteiger partial charge in [0.1, 0.15) is 16.2 Å². The lowest BCUT2D eigenvalue weighted by Gasteiger charge is -2.26. The van der Waals surface area contributed by atoms with Crippen LogP contribution in [0.25, 0.3) is 21.6 Å². The highest BCUT2D eigenvalue weighted by Gasteiger charge is 2.16. The van der Waals surface area contributed by atoms with Gasteiger partial charge in [-0.2, -0.15) is 0 Å². The Morgan fingerprint density at radius 3 is 2.93 bits per heavy atom. The molecule has 0 saturated carbocycles. The molecule has 9 heteroatoms. The van der Waals surface area contributed by atoms with Gasteiger partial charge in [-0.15, -0.1) is 11.3 Å². The number of nitrogen functional groups attached to an aromatic ring is 1. The topological polar surface area (TPSA) is 117 Å². The summed E-state index contributed by atoms with van der Waals surface area (Å²) in [5.41, 5.74) is 7.51. The first-order valence-corrected chi connectivity index (χ1v) is 10.1. The molecule has 3 aromatic rings. The van der Waals surface area contributed by atoms with Crippen LogP contribution in [-0.4, -0.2) is 60.2 Å². The maximum Gasteiger partial charge on any atom is 0.308 e. The first kappa shape index (κ1) is 19.3. The maximum atomic E-state index is 12.5. The van der Waals surface area contributed by atoms with Gasteiger partial charge in [0.05, 0.1) is 23.5 Å². The third-order valence-electron chi connectivity index (χ3n) is 4.73. The van der Waals surface area contributed by atoms with E-state index in [4.69, 9.17) is 15.7 Å². The fraction of sp³-hybridized carbons (Fsp3) is 0.300. The maximum absolute atomic E-state index is 12.5. The minimum atomic E-state index is -0.136. The summed E-state index contributed by atoms with van der Waals surface area (Å²) in [6.45, 7) is 4.64. The number of rotatable bonds is 5. The molecule has 4 rings (SSSR count). The Hall–Kier alpha value is -3.06. The molecule has 29 heavy (non-hydrogen) atoms. The number of carbonyl (C=O) groups excluding carboxylic acids is 1. The van der Waals surface area contributed by atoms with Gasteiger partial charge in [-0.25, -0.2) is 9.97 Å². The molecule has 0 aliphatic carbocycles. The van der Waals surface area contributed by atoms with Crippen molar-refractivity contribution in [1.29, 1.82) is 0 Å². The van der Waals surface area contributed by atoms with E-state index in [1.165, 1.54) is 11.3 Å². The Bertz CT molecular complexity index is 1080. The van der Waals surface area contributed by atoms with Crippen LogP contribution in [0.2, 0.25) is 0 Å². The van der Waals surface area contributed by atoms with E-state index < -0.39 is 0 Å². The van der Waals surface area contributed by atoms with Crippen molar-refractivity contribution in [3.8, 4) is 17.5 Å². The lowest BCUT2D eigenvalue weighted by Crippen LogP contribution is -2.41. The number of aromatic nitrogens is 2. The SMILES string of the molecule is [NH+]#Cc1cccc(-c2nc(N)c3cc(C(=O)NCCN4CCOCC4)sc3n2)c1. The van der Waals surface area contributed by atoms with Crippen LogP contribution in [0, 0.1) is 6.07 Å². The number of fused-ring (bicyclic) bond motifs is 1. The number of hydrogen-bond acceptors (Lipinski definition) is 7. The normalized spacial score (nSPS) is 14.6. The molecule has 1 fully saturated rings. The number of nitrogens with zero attached hydrogens (tertiary/aromatic N) is 3. The summed E-state index contributed by atoms with van der Waals surface area (Å²) in [6.07, 6.45) is 0. The van der Waals surface area contributed by atoms with Crippen LogP contribution in [0.1, 0.15) is 15.2 Å². The number of benzene rings is 1. The van der Waals surface area contributed by atoms with Crippen LogP contribution in [0.15, 0.2) is 30.3 Å². The third-order valence-corrected chi connectivity index (χ3v) is 5.76. The van der Waals surface area contributed by atoms with Crippen LogP contribution in [0.4, 0.5) is 5.82 Å². The highest BCUT2D eigenvalue weighted by molar-refractivity contribution is 7.20. The molecule has 0 atom stereocenters. The Morgan fingerprint density at radius 2 is 2.14 bits per heavy atom. The number of nitrogens with one attached hydrogen (secondary N) is 2. The van der Waals surface area contributed by atoms with Gasteiger partial charge >= 0.3 is 6.07 Å². The summed E-state index contributed by atoms with van der Waals surface area (Å²) < 4.78 is 5.33. The van der Waals surface area contributed by atoms with Crippen molar-refractivity contribution >= 4 is 33.3 Å². The molecular formula is C20H21N6O2S+. The Labute approximate surface area is 171 Å². The summed E-state index contributed by atoms with van der Waals surface area (Å²) in [4.78, 5) is 25.0. The van der Waals surface area contributed by atoms with Gasteiger partial charge in [0.2, 0.25) is 0 Å². The predicted octanol–water partition coefficient (Wildman–Crippen LogP) is 0.123. The van der Waals surface area contributed by atoms with Crippen LogP contribution < -0.4 is 16.3 Å². The van der Waals surface area contributed by atoms with Gasteiger partial charge in [0.15, 0.2) is 5.82 Å². The van der Waals surface area contributed by atoms with Gasteiger partial charge in [-0.05, 0) is 18.2 Å². The number of anilines is 1. The van der Waals surface area contributed by atoms with Crippen LogP contribution in [0.5, 0.6) is 0 Å². The monoisotopic (exact) mass is 409 g/mol. The van der Waals surface area contributed by atoms with Crippen molar-refractivity contribution in [2.75, 3.05) is 45.1 Å². The lowest BCUT2D eigenvalue weighted by atomic mass is 10.1. The van der Waals surface area contributed by atoms with E-state index in [0.29, 0.717) is 38.8 Å². The van der Waals surface area contributed by atoms with Crippen molar-refractivity contribution < 1.29 is 14.8 Å². The first-order valence-electron chi connectivity index (χ1n) is 9.32. The number of nitrogens with two attached hydrogens (primary N) is 1. The van der Waals surface area contributed by atoms with Crippen molar-refractivity contribution in [1.82, 2.24) is 20.2 Å². The van der Waals surface area contributed by atoms with Gasteiger partial charge in [-0.1, -0.05) is 17.4 Å². The molecule has 0 spiro atoms. The number of amides is 1. The molecule has 0 unspecified atom stereocenters. The summed E-state index contributed by atoms with van der Waals surface area (Å²) in [7, 11) is 0. The van der Waals surface area contributed by atoms with E-state index in [1.807, 2.05) is 12.1 Å². The number of thiophene rings is 1.